The topological polar surface area (TPSA) is 69.2 Å². The first kappa shape index (κ1) is 19.8. The highest BCUT2D eigenvalue weighted by atomic mass is 16.5. The van der Waals surface area contributed by atoms with Gasteiger partial charge in [-0.3, -0.25) is 9.58 Å². The van der Waals surface area contributed by atoms with Gasteiger partial charge in [-0.2, -0.15) is 5.10 Å². The van der Waals surface area contributed by atoms with E-state index in [0.29, 0.717) is 31.5 Å². The molecule has 7 nitrogen and oxygen atoms in total. The molecule has 1 aliphatic rings. The van der Waals surface area contributed by atoms with Gasteiger partial charge in [0.15, 0.2) is 0 Å². The first-order valence-corrected chi connectivity index (χ1v) is 10.2. The number of aryl methyl sites for hydroxylation is 1. The average molecular weight is 396 g/mol. The summed E-state index contributed by atoms with van der Waals surface area (Å²) in [6.07, 6.45) is 0. The lowest BCUT2D eigenvalue weighted by Gasteiger charge is -2.35. The zero-order valence-corrected chi connectivity index (χ0v) is 17.6. The Kier molecular flexibility index (Phi) is 5.78. The van der Waals surface area contributed by atoms with Crippen LogP contribution in [0.15, 0.2) is 34.7 Å². The minimum Gasteiger partial charge on any atom is -0.424 e. The Morgan fingerprint density at radius 1 is 1.10 bits per heavy atom. The van der Waals surface area contributed by atoms with Gasteiger partial charge in [0.2, 0.25) is 11.8 Å². The Hall–Kier alpha value is -2.51. The summed E-state index contributed by atoms with van der Waals surface area (Å²) in [5.41, 5.74) is 4.71. The van der Waals surface area contributed by atoms with E-state index in [1.54, 1.807) is 0 Å². The summed E-state index contributed by atoms with van der Waals surface area (Å²) in [4.78, 5) is 2.37. The summed E-state index contributed by atoms with van der Waals surface area (Å²) in [7, 11) is 0. The van der Waals surface area contributed by atoms with Crippen molar-refractivity contribution in [2.45, 2.75) is 52.7 Å². The zero-order valence-electron chi connectivity index (χ0n) is 17.6. The molecule has 0 aliphatic carbocycles. The van der Waals surface area contributed by atoms with E-state index < -0.39 is 0 Å². The van der Waals surface area contributed by atoms with Crippen molar-refractivity contribution in [2.24, 2.45) is 0 Å². The first-order chi connectivity index (χ1) is 14.0. The summed E-state index contributed by atoms with van der Waals surface area (Å²) in [5, 5.41) is 13.3. The Morgan fingerprint density at radius 3 is 2.62 bits per heavy atom. The van der Waals surface area contributed by atoms with E-state index in [1.807, 2.05) is 6.07 Å². The number of benzene rings is 1. The Morgan fingerprint density at radius 2 is 1.90 bits per heavy atom. The monoisotopic (exact) mass is 395 g/mol. The quantitative estimate of drug-likeness (QED) is 0.635. The molecule has 1 aromatic carbocycles. The first-order valence-electron chi connectivity index (χ1n) is 10.2. The molecule has 4 rings (SSSR count). The van der Waals surface area contributed by atoms with Crippen molar-refractivity contribution in [3.8, 4) is 0 Å². The van der Waals surface area contributed by atoms with E-state index >= 15 is 0 Å². The summed E-state index contributed by atoms with van der Waals surface area (Å²) in [5.74, 6) is 1.58. The van der Waals surface area contributed by atoms with Gasteiger partial charge in [0, 0.05) is 23.7 Å². The fourth-order valence-electron chi connectivity index (χ4n) is 3.93. The second-order valence-corrected chi connectivity index (χ2v) is 7.98. The van der Waals surface area contributed by atoms with Crippen LogP contribution in [-0.2, 0) is 17.8 Å². The van der Waals surface area contributed by atoms with E-state index in [0.717, 1.165) is 18.8 Å². The standard InChI is InChI=1S/C22H29N5O2/c1-15(2)22-24-23-20(29-22)13-26-10-11-28-14-19(26)21-16(3)25-27(17(21)4)12-18-8-6-5-7-9-18/h5-9,15,19H,10-14H2,1-4H3/t19-/m0/s1. The van der Waals surface area contributed by atoms with Gasteiger partial charge in [0.1, 0.15) is 0 Å². The number of hydrogen-bond donors (Lipinski definition) is 0. The van der Waals surface area contributed by atoms with Gasteiger partial charge in [-0.05, 0) is 19.4 Å². The van der Waals surface area contributed by atoms with Gasteiger partial charge < -0.3 is 9.15 Å². The van der Waals surface area contributed by atoms with Crippen LogP contribution < -0.4 is 0 Å². The molecule has 0 spiro atoms. The molecule has 0 bridgehead atoms. The number of nitrogens with zero attached hydrogens (tertiary/aromatic N) is 5. The third-order valence-corrected chi connectivity index (χ3v) is 5.50. The van der Waals surface area contributed by atoms with E-state index in [4.69, 9.17) is 14.3 Å². The van der Waals surface area contributed by atoms with E-state index in [9.17, 15) is 0 Å². The van der Waals surface area contributed by atoms with Crippen LogP contribution in [0.1, 0.15) is 60.1 Å². The van der Waals surface area contributed by atoms with Crippen molar-refractivity contribution >= 4 is 0 Å². The largest absolute Gasteiger partial charge is 0.424 e. The summed E-state index contributed by atoms with van der Waals surface area (Å²) >= 11 is 0. The SMILES string of the molecule is Cc1nn(Cc2ccccc2)c(C)c1[C@@H]1COCCN1Cc1nnc(C(C)C)o1. The normalized spacial score (nSPS) is 17.9. The van der Waals surface area contributed by atoms with Crippen LogP contribution in [0.5, 0.6) is 0 Å². The fourth-order valence-corrected chi connectivity index (χ4v) is 3.93. The average Bonchev–Trinajstić information content (AvgIpc) is 3.28. The van der Waals surface area contributed by atoms with Crippen LogP contribution in [0.2, 0.25) is 0 Å². The summed E-state index contributed by atoms with van der Waals surface area (Å²) in [6, 6.07) is 10.6. The van der Waals surface area contributed by atoms with E-state index in [2.05, 4.69) is 71.7 Å². The molecule has 0 radical (unpaired) electrons. The smallest absolute Gasteiger partial charge is 0.230 e. The van der Waals surface area contributed by atoms with Crippen molar-refractivity contribution < 1.29 is 9.15 Å². The van der Waals surface area contributed by atoms with Crippen LogP contribution in [0, 0.1) is 13.8 Å². The molecule has 3 heterocycles. The molecule has 7 heteroatoms. The fraction of sp³-hybridized carbons (Fsp3) is 0.500. The minimum absolute atomic E-state index is 0.127. The minimum atomic E-state index is 0.127. The van der Waals surface area contributed by atoms with Crippen molar-refractivity contribution in [1.29, 1.82) is 0 Å². The molecule has 1 atom stereocenters. The van der Waals surface area contributed by atoms with Gasteiger partial charge in [-0.15, -0.1) is 10.2 Å². The van der Waals surface area contributed by atoms with Crippen LogP contribution in [-0.4, -0.2) is 44.6 Å². The zero-order chi connectivity index (χ0) is 20.4. The lowest BCUT2D eigenvalue weighted by molar-refractivity contribution is -0.0167. The molecule has 1 aliphatic heterocycles. The third-order valence-electron chi connectivity index (χ3n) is 5.50. The van der Waals surface area contributed by atoms with Gasteiger partial charge in [0.25, 0.3) is 0 Å². The summed E-state index contributed by atoms with van der Waals surface area (Å²) in [6.45, 7) is 11.9. The maximum absolute atomic E-state index is 5.85. The molecule has 1 saturated heterocycles. The second kappa shape index (κ2) is 8.47. The highest BCUT2D eigenvalue weighted by Gasteiger charge is 2.31. The Bertz CT molecular complexity index is 948. The third kappa shape index (κ3) is 4.26. The molecule has 3 aromatic rings. The summed E-state index contributed by atoms with van der Waals surface area (Å²) < 4.78 is 13.8. The maximum Gasteiger partial charge on any atom is 0.230 e. The molecule has 0 unspecified atom stereocenters. The lowest BCUT2D eigenvalue weighted by Crippen LogP contribution is -2.39. The highest BCUT2D eigenvalue weighted by Crippen LogP contribution is 2.31. The number of morpholine rings is 1. The van der Waals surface area contributed by atoms with Crippen LogP contribution >= 0.6 is 0 Å². The van der Waals surface area contributed by atoms with Crippen molar-refractivity contribution in [3.05, 3.63) is 64.6 Å². The van der Waals surface area contributed by atoms with Crippen molar-refractivity contribution in [3.63, 3.8) is 0 Å². The molecule has 0 saturated carbocycles. The Labute approximate surface area is 171 Å². The number of rotatable bonds is 6. The van der Waals surface area contributed by atoms with Gasteiger partial charge in [-0.1, -0.05) is 44.2 Å². The van der Waals surface area contributed by atoms with Gasteiger partial charge in [0.05, 0.1) is 38.0 Å². The molecule has 0 amide bonds. The Balaban J connectivity index is 1.57. The van der Waals surface area contributed by atoms with Gasteiger partial charge >= 0.3 is 0 Å². The van der Waals surface area contributed by atoms with Crippen molar-refractivity contribution in [1.82, 2.24) is 24.9 Å². The predicted molar refractivity (Wildman–Crippen MR) is 110 cm³/mol. The van der Waals surface area contributed by atoms with Crippen LogP contribution in [0.25, 0.3) is 0 Å². The molecule has 0 N–H and O–H groups in total. The molecular weight excluding hydrogens is 366 g/mol. The van der Waals surface area contributed by atoms with Crippen LogP contribution in [0.4, 0.5) is 0 Å². The second-order valence-electron chi connectivity index (χ2n) is 7.98. The number of ether oxygens (including phenoxy) is 1. The molecular formula is C22H29N5O2. The lowest BCUT2D eigenvalue weighted by atomic mass is 10.0. The molecule has 29 heavy (non-hydrogen) atoms. The van der Waals surface area contributed by atoms with E-state index in [-0.39, 0.29) is 12.0 Å². The molecule has 154 valence electrons. The molecule has 1 fully saturated rings. The van der Waals surface area contributed by atoms with Crippen LogP contribution in [0.3, 0.4) is 0 Å². The maximum atomic E-state index is 5.85. The van der Waals surface area contributed by atoms with Gasteiger partial charge in [-0.25, -0.2) is 0 Å². The number of hydrogen-bond acceptors (Lipinski definition) is 6. The highest BCUT2D eigenvalue weighted by molar-refractivity contribution is 5.30. The van der Waals surface area contributed by atoms with E-state index in [1.165, 1.54) is 16.8 Å². The number of aromatic nitrogens is 4. The predicted octanol–water partition coefficient (Wildman–Crippen LogP) is 3.63. The molecule has 2 aromatic heterocycles. The van der Waals surface area contributed by atoms with Crippen molar-refractivity contribution in [2.75, 3.05) is 19.8 Å².